The first-order valence-electron chi connectivity index (χ1n) is 9.25. The van der Waals surface area contributed by atoms with Gasteiger partial charge in [0.25, 0.3) is 5.91 Å². The minimum absolute atomic E-state index is 0.106. The third kappa shape index (κ3) is 4.78. The fraction of sp³-hybridized carbons (Fsp3) is 0.450. The lowest BCUT2D eigenvalue weighted by Gasteiger charge is -2.13. The van der Waals surface area contributed by atoms with Crippen LogP contribution in [0.3, 0.4) is 0 Å². The number of nitrogens with one attached hydrogen (secondary N) is 2. The van der Waals surface area contributed by atoms with Crippen molar-refractivity contribution in [1.29, 1.82) is 0 Å². The van der Waals surface area contributed by atoms with Crippen LogP contribution in [0.2, 0.25) is 0 Å². The first kappa shape index (κ1) is 17.4. The molecular weight excluding hydrogens is 312 g/mol. The molecule has 0 atom stereocenters. The first-order valence-corrected chi connectivity index (χ1v) is 9.25. The number of hydrogen-bond acceptors (Lipinski definition) is 4. The van der Waals surface area contributed by atoms with Crippen molar-refractivity contribution in [3.8, 4) is 11.4 Å². The van der Waals surface area contributed by atoms with Crippen molar-refractivity contribution in [3.63, 3.8) is 0 Å². The maximum Gasteiger partial charge on any atom is 0.270 e. The van der Waals surface area contributed by atoms with Crippen molar-refractivity contribution < 1.29 is 4.79 Å². The Morgan fingerprint density at radius 3 is 2.64 bits per heavy atom. The van der Waals surface area contributed by atoms with Crippen LogP contribution in [0.1, 0.15) is 55.9 Å². The lowest BCUT2D eigenvalue weighted by atomic mass is 10.2. The van der Waals surface area contributed by atoms with Gasteiger partial charge in [0.05, 0.1) is 0 Å². The summed E-state index contributed by atoms with van der Waals surface area (Å²) < 4.78 is 0. The Hall–Kier alpha value is -2.43. The number of carbonyl (C=O) groups excluding carboxylic acids is 1. The Kier molecular flexibility index (Phi) is 5.99. The lowest BCUT2D eigenvalue weighted by Crippen LogP contribution is -2.33. The highest BCUT2D eigenvalue weighted by atomic mass is 16.1. The van der Waals surface area contributed by atoms with Gasteiger partial charge in [-0.05, 0) is 19.3 Å². The fourth-order valence-electron chi connectivity index (χ4n) is 3.09. The molecule has 5 heteroatoms. The number of rotatable bonds is 7. The molecule has 1 aliphatic rings. The van der Waals surface area contributed by atoms with E-state index in [0.29, 0.717) is 17.3 Å². The molecule has 1 aliphatic carbocycles. The van der Waals surface area contributed by atoms with Crippen LogP contribution >= 0.6 is 0 Å². The smallest absolute Gasteiger partial charge is 0.270 e. The van der Waals surface area contributed by atoms with Crippen LogP contribution in [0, 0.1) is 0 Å². The monoisotopic (exact) mass is 338 g/mol. The SMILES string of the molecule is CCCCNc1cc(C(=O)NC2CCCC2)nc(-c2ccccc2)n1. The predicted molar refractivity (Wildman–Crippen MR) is 101 cm³/mol. The van der Waals surface area contributed by atoms with E-state index in [2.05, 4.69) is 27.5 Å². The highest BCUT2D eigenvalue weighted by molar-refractivity contribution is 5.93. The summed E-state index contributed by atoms with van der Waals surface area (Å²) in [6.07, 6.45) is 6.67. The fourth-order valence-corrected chi connectivity index (χ4v) is 3.09. The van der Waals surface area contributed by atoms with Gasteiger partial charge in [-0.15, -0.1) is 0 Å². The topological polar surface area (TPSA) is 66.9 Å². The molecular formula is C20H26N4O. The van der Waals surface area contributed by atoms with Crippen molar-refractivity contribution in [2.24, 2.45) is 0 Å². The largest absolute Gasteiger partial charge is 0.370 e. The van der Waals surface area contributed by atoms with E-state index in [9.17, 15) is 4.79 Å². The molecule has 1 aromatic heterocycles. The van der Waals surface area contributed by atoms with Crippen LogP contribution in [0.5, 0.6) is 0 Å². The molecule has 1 fully saturated rings. The van der Waals surface area contributed by atoms with Crippen molar-refractivity contribution in [1.82, 2.24) is 15.3 Å². The molecule has 2 N–H and O–H groups in total. The van der Waals surface area contributed by atoms with Crippen LogP contribution in [0.25, 0.3) is 11.4 Å². The number of amides is 1. The van der Waals surface area contributed by atoms with Crippen LogP contribution in [0.15, 0.2) is 36.4 Å². The number of carbonyl (C=O) groups is 1. The summed E-state index contributed by atoms with van der Waals surface area (Å²) in [6.45, 7) is 2.99. The summed E-state index contributed by atoms with van der Waals surface area (Å²) in [5.41, 5.74) is 1.34. The predicted octanol–water partition coefficient (Wildman–Crippen LogP) is 4.03. The number of hydrogen-bond donors (Lipinski definition) is 2. The molecule has 1 aromatic carbocycles. The van der Waals surface area contributed by atoms with Crippen molar-refractivity contribution in [2.75, 3.05) is 11.9 Å². The molecule has 25 heavy (non-hydrogen) atoms. The molecule has 5 nitrogen and oxygen atoms in total. The van der Waals surface area contributed by atoms with Crippen LogP contribution in [-0.2, 0) is 0 Å². The van der Waals surface area contributed by atoms with E-state index in [1.165, 1.54) is 12.8 Å². The van der Waals surface area contributed by atoms with E-state index in [4.69, 9.17) is 0 Å². The number of nitrogens with zero attached hydrogens (tertiary/aromatic N) is 2. The van der Waals surface area contributed by atoms with Gasteiger partial charge in [0.2, 0.25) is 0 Å². The molecule has 132 valence electrons. The van der Waals surface area contributed by atoms with E-state index < -0.39 is 0 Å². The zero-order chi connectivity index (χ0) is 17.5. The highest BCUT2D eigenvalue weighted by Crippen LogP contribution is 2.20. The molecule has 0 bridgehead atoms. The molecule has 3 rings (SSSR count). The number of unbranched alkanes of at least 4 members (excludes halogenated alkanes) is 1. The van der Waals surface area contributed by atoms with Crippen LogP contribution < -0.4 is 10.6 Å². The Morgan fingerprint density at radius 2 is 1.92 bits per heavy atom. The molecule has 0 spiro atoms. The van der Waals surface area contributed by atoms with E-state index in [1.807, 2.05) is 30.3 Å². The zero-order valence-corrected chi connectivity index (χ0v) is 14.8. The van der Waals surface area contributed by atoms with Crippen molar-refractivity contribution >= 4 is 11.7 Å². The summed E-state index contributed by atoms with van der Waals surface area (Å²) in [5, 5.41) is 6.42. The molecule has 0 aliphatic heterocycles. The summed E-state index contributed by atoms with van der Waals surface area (Å²) >= 11 is 0. The summed E-state index contributed by atoms with van der Waals surface area (Å²) in [7, 11) is 0. The van der Waals surface area contributed by atoms with Crippen LogP contribution in [0.4, 0.5) is 5.82 Å². The number of benzene rings is 1. The van der Waals surface area contributed by atoms with Gasteiger partial charge in [-0.2, -0.15) is 0 Å². The van der Waals surface area contributed by atoms with Gasteiger partial charge in [-0.3, -0.25) is 4.79 Å². The normalized spacial score (nSPS) is 14.4. The van der Waals surface area contributed by atoms with Gasteiger partial charge < -0.3 is 10.6 Å². The third-order valence-electron chi connectivity index (χ3n) is 4.52. The summed E-state index contributed by atoms with van der Waals surface area (Å²) in [6, 6.07) is 11.8. The molecule has 0 radical (unpaired) electrons. The lowest BCUT2D eigenvalue weighted by molar-refractivity contribution is 0.0933. The van der Waals surface area contributed by atoms with E-state index >= 15 is 0 Å². The maximum atomic E-state index is 12.6. The average molecular weight is 338 g/mol. The van der Waals surface area contributed by atoms with Gasteiger partial charge in [-0.25, -0.2) is 9.97 Å². The van der Waals surface area contributed by atoms with Gasteiger partial charge in [0, 0.05) is 24.2 Å². The van der Waals surface area contributed by atoms with Gasteiger partial charge in [-0.1, -0.05) is 56.5 Å². The number of aromatic nitrogens is 2. The minimum atomic E-state index is -0.106. The molecule has 1 saturated carbocycles. The second kappa shape index (κ2) is 8.60. The average Bonchev–Trinajstić information content (AvgIpc) is 3.15. The van der Waals surface area contributed by atoms with Crippen molar-refractivity contribution in [3.05, 3.63) is 42.1 Å². The Morgan fingerprint density at radius 1 is 1.16 bits per heavy atom. The van der Waals surface area contributed by atoms with Crippen molar-refractivity contribution in [2.45, 2.75) is 51.5 Å². The van der Waals surface area contributed by atoms with Gasteiger partial charge in [0.15, 0.2) is 5.82 Å². The van der Waals surface area contributed by atoms with E-state index in [1.54, 1.807) is 6.07 Å². The standard InChI is InChI=1S/C20H26N4O/c1-2-3-13-21-18-14-17(20(25)22-16-11-7-8-12-16)23-19(24-18)15-9-5-4-6-10-15/h4-6,9-10,14,16H,2-3,7-8,11-13H2,1H3,(H,22,25)(H,21,23,24). The molecule has 1 heterocycles. The molecule has 1 amide bonds. The van der Waals surface area contributed by atoms with Crippen LogP contribution in [-0.4, -0.2) is 28.5 Å². The first-order chi connectivity index (χ1) is 12.3. The minimum Gasteiger partial charge on any atom is -0.370 e. The maximum absolute atomic E-state index is 12.6. The second-order valence-corrected chi connectivity index (χ2v) is 6.56. The third-order valence-corrected chi connectivity index (χ3v) is 4.52. The second-order valence-electron chi connectivity index (χ2n) is 6.56. The summed E-state index contributed by atoms with van der Waals surface area (Å²) in [5.74, 6) is 1.18. The Balaban J connectivity index is 1.84. The quantitative estimate of drug-likeness (QED) is 0.748. The summed E-state index contributed by atoms with van der Waals surface area (Å²) in [4.78, 5) is 21.7. The Labute approximate surface area is 149 Å². The molecule has 0 unspecified atom stereocenters. The molecule has 0 saturated heterocycles. The van der Waals surface area contributed by atoms with E-state index in [0.717, 1.165) is 37.8 Å². The van der Waals surface area contributed by atoms with Gasteiger partial charge in [0.1, 0.15) is 11.5 Å². The Bertz CT molecular complexity index is 696. The van der Waals surface area contributed by atoms with Gasteiger partial charge >= 0.3 is 0 Å². The number of anilines is 1. The zero-order valence-electron chi connectivity index (χ0n) is 14.8. The highest BCUT2D eigenvalue weighted by Gasteiger charge is 2.20. The van der Waals surface area contributed by atoms with E-state index in [-0.39, 0.29) is 11.9 Å². The molecule has 2 aromatic rings.